The lowest BCUT2D eigenvalue weighted by atomic mass is 9.85. The molecule has 0 unspecified atom stereocenters. The summed E-state index contributed by atoms with van der Waals surface area (Å²) in [4.78, 5) is 36.3. The van der Waals surface area contributed by atoms with Crippen molar-refractivity contribution in [2.45, 2.75) is 31.0 Å². The molecule has 40 heavy (non-hydrogen) atoms. The number of urea groups is 1. The first-order valence-corrected chi connectivity index (χ1v) is 14.0. The smallest absolute Gasteiger partial charge is 0.320 e. The average molecular weight is 547 g/mol. The molecule has 3 aromatic rings. The van der Waals surface area contributed by atoms with Crippen molar-refractivity contribution in [3.05, 3.63) is 94.0 Å². The van der Waals surface area contributed by atoms with Crippen LogP contribution in [-0.4, -0.2) is 83.9 Å². The minimum absolute atomic E-state index is 0.0202. The average Bonchev–Trinajstić information content (AvgIpc) is 3.00. The molecule has 9 heteroatoms. The van der Waals surface area contributed by atoms with Crippen LogP contribution in [0.2, 0.25) is 0 Å². The van der Waals surface area contributed by atoms with Crippen LogP contribution < -0.4 is 5.56 Å². The number of amides is 2. The van der Waals surface area contributed by atoms with E-state index in [0.29, 0.717) is 59.2 Å². The standard InChI is InChI=1S/C31H35FN4O4/c32-26-9-6-24(7-10-26)28-21-40-19-16-36(28)30(38)34-14-15-35(31(22-34)12-17-39-18-13-31)20-25-8-11-27(33-29(25)37)23-4-2-1-3-5-23/h1-11,28H,12-22H2,(H,33,37)/t28-/m0/s1. The van der Waals surface area contributed by atoms with E-state index < -0.39 is 0 Å². The molecule has 1 atom stereocenters. The Morgan fingerprint density at radius 1 is 0.925 bits per heavy atom. The molecule has 3 aliphatic rings. The second kappa shape index (κ2) is 11.5. The van der Waals surface area contributed by atoms with Gasteiger partial charge in [0.2, 0.25) is 0 Å². The number of ether oxygens (including phenoxy) is 2. The largest absolute Gasteiger partial charge is 0.381 e. The van der Waals surface area contributed by atoms with Gasteiger partial charge in [-0.3, -0.25) is 9.69 Å². The summed E-state index contributed by atoms with van der Waals surface area (Å²) in [6.45, 7) is 4.91. The van der Waals surface area contributed by atoms with Crippen LogP contribution in [0.3, 0.4) is 0 Å². The molecule has 8 nitrogen and oxygen atoms in total. The number of nitrogens with one attached hydrogen (secondary N) is 1. The van der Waals surface area contributed by atoms with Gasteiger partial charge in [0, 0.05) is 62.7 Å². The number of aromatic nitrogens is 1. The fourth-order valence-electron chi connectivity index (χ4n) is 6.24. The van der Waals surface area contributed by atoms with Crippen molar-refractivity contribution in [3.8, 4) is 11.3 Å². The van der Waals surface area contributed by atoms with Crippen LogP contribution in [0.4, 0.5) is 9.18 Å². The van der Waals surface area contributed by atoms with E-state index in [1.54, 1.807) is 12.1 Å². The number of piperazine rings is 1. The van der Waals surface area contributed by atoms with Crippen LogP contribution in [0.1, 0.15) is 30.0 Å². The number of rotatable bonds is 4. The Bertz CT molecular complexity index is 1370. The van der Waals surface area contributed by atoms with Crippen molar-refractivity contribution >= 4 is 6.03 Å². The van der Waals surface area contributed by atoms with Gasteiger partial charge in [-0.05, 0) is 42.2 Å². The number of morpholine rings is 1. The summed E-state index contributed by atoms with van der Waals surface area (Å²) in [5.41, 5.74) is 3.00. The summed E-state index contributed by atoms with van der Waals surface area (Å²) < 4.78 is 25.0. The summed E-state index contributed by atoms with van der Waals surface area (Å²) in [6, 6.07) is 19.7. The zero-order valence-corrected chi connectivity index (χ0v) is 22.6. The van der Waals surface area contributed by atoms with E-state index in [4.69, 9.17) is 9.47 Å². The summed E-state index contributed by atoms with van der Waals surface area (Å²) in [5.74, 6) is -0.301. The van der Waals surface area contributed by atoms with Crippen LogP contribution in [0.15, 0.2) is 71.5 Å². The van der Waals surface area contributed by atoms with Gasteiger partial charge < -0.3 is 24.3 Å². The van der Waals surface area contributed by atoms with E-state index in [1.807, 2.05) is 52.3 Å². The van der Waals surface area contributed by atoms with Crippen molar-refractivity contribution in [1.29, 1.82) is 0 Å². The number of pyridine rings is 1. The molecule has 1 N–H and O–H groups in total. The fraction of sp³-hybridized carbons (Fsp3) is 0.419. The van der Waals surface area contributed by atoms with Gasteiger partial charge in [0.15, 0.2) is 0 Å². The van der Waals surface area contributed by atoms with Gasteiger partial charge in [0.25, 0.3) is 5.56 Å². The first-order chi connectivity index (χ1) is 19.5. The molecule has 3 aliphatic heterocycles. The summed E-state index contributed by atoms with van der Waals surface area (Å²) in [7, 11) is 0. The van der Waals surface area contributed by atoms with Crippen molar-refractivity contribution in [1.82, 2.24) is 19.7 Å². The number of carbonyl (C=O) groups excluding carboxylic acids is 1. The molecule has 4 heterocycles. The van der Waals surface area contributed by atoms with E-state index in [9.17, 15) is 14.0 Å². The predicted octanol–water partition coefficient (Wildman–Crippen LogP) is 4.04. The molecule has 0 radical (unpaired) electrons. The molecule has 210 valence electrons. The highest BCUT2D eigenvalue weighted by Crippen LogP contribution is 2.35. The summed E-state index contributed by atoms with van der Waals surface area (Å²) in [5, 5.41) is 0. The molecule has 1 aromatic heterocycles. The maximum Gasteiger partial charge on any atom is 0.320 e. The zero-order valence-electron chi connectivity index (χ0n) is 22.6. The number of nitrogens with zero attached hydrogens (tertiary/aromatic N) is 3. The van der Waals surface area contributed by atoms with Gasteiger partial charge in [0.05, 0.1) is 19.3 Å². The lowest BCUT2D eigenvalue weighted by molar-refractivity contribution is -0.0738. The third kappa shape index (κ3) is 5.41. The number of carbonyl (C=O) groups is 1. The normalized spacial score (nSPS) is 21.5. The number of H-pyrrole nitrogens is 1. The Kier molecular flexibility index (Phi) is 7.69. The van der Waals surface area contributed by atoms with Crippen LogP contribution >= 0.6 is 0 Å². The molecular weight excluding hydrogens is 511 g/mol. The molecular formula is C31H35FN4O4. The number of aromatic amines is 1. The van der Waals surface area contributed by atoms with Gasteiger partial charge in [-0.15, -0.1) is 0 Å². The molecule has 1 spiro atoms. The Hall–Kier alpha value is -3.53. The Morgan fingerprint density at radius 2 is 1.70 bits per heavy atom. The van der Waals surface area contributed by atoms with Gasteiger partial charge in [0.1, 0.15) is 5.82 Å². The van der Waals surface area contributed by atoms with E-state index in [0.717, 1.165) is 35.2 Å². The van der Waals surface area contributed by atoms with Gasteiger partial charge in [-0.1, -0.05) is 48.5 Å². The number of benzene rings is 2. The highest BCUT2D eigenvalue weighted by atomic mass is 19.1. The summed E-state index contributed by atoms with van der Waals surface area (Å²) >= 11 is 0. The van der Waals surface area contributed by atoms with Crippen molar-refractivity contribution in [3.63, 3.8) is 0 Å². The monoisotopic (exact) mass is 546 g/mol. The van der Waals surface area contributed by atoms with Crippen molar-refractivity contribution < 1.29 is 18.7 Å². The quantitative estimate of drug-likeness (QED) is 0.535. The maximum atomic E-state index is 13.9. The van der Waals surface area contributed by atoms with Crippen LogP contribution in [0.25, 0.3) is 11.3 Å². The molecule has 0 bridgehead atoms. The molecule has 2 aromatic carbocycles. The van der Waals surface area contributed by atoms with Gasteiger partial charge >= 0.3 is 6.03 Å². The molecule has 3 saturated heterocycles. The molecule has 6 rings (SSSR count). The Labute approximate surface area is 233 Å². The molecule has 3 fully saturated rings. The molecule has 0 aliphatic carbocycles. The third-order valence-corrected chi connectivity index (χ3v) is 8.56. The third-order valence-electron chi connectivity index (χ3n) is 8.56. The highest BCUT2D eigenvalue weighted by Gasteiger charge is 2.45. The lowest BCUT2D eigenvalue weighted by Gasteiger charge is -2.53. The minimum atomic E-state index is -0.301. The second-order valence-electron chi connectivity index (χ2n) is 10.9. The second-order valence-corrected chi connectivity index (χ2v) is 10.9. The van der Waals surface area contributed by atoms with Gasteiger partial charge in [-0.25, -0.2) is 9.18 Å². The van der Waals surface area contributed by atoms with Crippen molar-refractivity contribution in [2.24, 2.45) is 0 Å². The minimum Gasteiger partial charge on any atom is -0.381 e. The van der Waals surface area contributed by atoms with Crippen molar-refractivity contribution in [2.75, 3.05) is 52.6 Å². The van der Waals surface area contributed by atoms with Gasteiger partial charge in [-0.2, -0.15) is 0 Å². The predicted molar refractivity (Wildman–Crippen MR) is 149 cm³/mol. The van der Waals surface area contributed by atoms with E-state index in [1.165, 1.54) is 12.1 Å². The van der Waals surface area contributed by atoms with Crippen LogP contribution in [-0.2, 0) is 16.0 Å². The SMILES string of the molecule is O=C(N1CCN(Cc2ccc(-c3ccccc3)[nH]c2=O)C2(CCOCC2)C1)N1CCOC[C@H]1c1ccc(F)cc1. The topological polar surface area (TPSA) is 78.1 Å². The zero-order chi connectivity index (χ0) is 27.5. The van der Waals surface area contributed by atoms with E-state index in [2.05, 4.69) is 9.88 Å². The number of hydrogen-bond donors (Lipinski definition) is 1. The Balaban J connectivity index is 1.20. The first-order valence-electron chi connectivity index (χ1n) is 14.0. The maximum absolute atomic E-state index is 13.9. The molecule has 0 saturated carbocycles. The van der Waals surface area contributed by atoms with E-state index >= 15 is 0 Å². The summed E-state index contributed by atoms with van der Waals surface area (Å²) in [6.07, 6.45) is 1.59. The first kappa shape index (κ1) is 26.7. The lowest BCUT2D eigenvalue weighted by Crippen LogP contribution is -2.66. The highest BCUT2D eigenvalue weighted by molar-refractivity contribution is 5.75. The van der Waals surface area contributed by atoms with E-state index in [-0.39, 0.29) is 29.0 Å². The molecule has 2 amide bonds. The number of halogens is 1. The Morgan fingerprint density at radius 3 is 2.45 bits per heavy atom. The van der Waals surface area contributed by atoms with Crippen LogP contribution in [0, 0.1) is 5.82 Å². The van der Waals surface area contributed by atoms with Crippen LogP contribution in [0.5, 0.6) is 0 Å². The number of hydrogen-bond acceptors (Lipinski definition) is 5. The fourth-order valence-corrected chi connectivity index (χ4v) is 6.24.